The maximum absolute atomic E-state index is 11.9. The largest absolute Gasteiger partial charge is 0.394 e. The molecule has 0 rings (SSSR count). The van der Waals surface area contributed by atoms with E-state index in [1.807, 2.05) is 0 Å². The van der Waals surface area contributed by atoms with Crippen LogP contribution >= 0.6 is 0 Å². The SMILES string of the molecule is CC[C@H](C)C[C@](N)(CO)CCCF. The number of halogens is 1. The molecule has 0 aliphatic carbocycles. The number of alkyl halides is 1. The summed E-state index contributed by atoms with van der Waals surface area (Å²) in [7, 11) is 0. The van der Waals surface area contributed by atoms with Gasteiger partial charge in [0.1, 0.15) is 0 Å². The fourth-order valence-electron chi connectivity index (χ4n) is 1.50. The molecule has 0 aromatic rings. The van der Waals surface area contributed by atoms with Crippen LogP contribution in [0.4, 0.5) is 4.39 Å². The highest BCUT2D eigenvalue weighted by Crippen LogP contribution is 2.21. The monoisotopic (exact) mass is 191 g/mol. The molecule has 0 unspecified atom stereocenters. The van der Waals surface area contributed by atoms with E-state index in [4.69, 9.17) is 10.8 Å². The van der Waals surface area contributed by atoms with Crippen LogP contribution in [0.3, 0.4) is 0 Å². The van der Waals surface area contributed by atoms with Gasteiger partial charge in [-0.2, -0.15) is 0 Å². The molecule has 0 spiro atoms. The van der Waals surface area contributed by atoms with E-state index >= 15 is 0 Å². The minimum absolute atomic E-state index is 0.0443. The Morgan fingerprint density at radius 3 is 2.54 bits per heavy atom. The van der Waals surface area contributed by atoms with E-state index in [0.717, 1.165) is 12.8 Å². The fraction of sp³-hybridized carbons (Fsp3) is 1.00. The minimum Gasteiger partial charge on any atom is -0.394 e. The molecule has 0 fully saturated rings. The topological polar surface area (TPSA) is 46.2 Å². The summed E-state index contributed by atoms with van der Waals surface area (Å²) in [6, 6.07) is 0. The van der Waals surface area contributed by atoms with E-state index in [0.29, 0.717) is 18.8 Å². The van der Waals surface area contributed by atoms with Crippen molar-refractivity contribution in [3.8, 4) is 0 Å². The van der Waals surface area contributed by atoms with Crippen LogP contribution in [-0.4, -0.2) is 23.9 Å². The Morgan fingerprint density at radius 1 is 1.54 bits per heavy atom. The van der Waals surface area contributed by atoms with Gasteiger partial charge in [0, 0.05) is 5.54 Å². The van der Waals surface area contributed by atoms with Crippen molar-refractivity contribution in [3.05, 3.63) is 0 Å². The highest BCUT2D eigenvalue weighted by molar-refractivity contribution is 4.84. The molecule has 0 aromatic carbocycles. The predicted octanol–water partition coefficient (Wildman–Crippen LogP) is 1.86. The molecule has 13 heavy (non-hydrogen) atoms. The van der Waals surface area contributed by atoms with E-state index in [2.05, 4.69) is 13.8 Å². The summed E-state index contributed by atoms with van der Waals surface area (Å²) in [6.45, 7) is 3.81. The highest BCUT2D eigenvalue weighted by atomic mass is 19.1. The summed E-state index contributed by atoms with van der Waals surface area (Å²) in [5.41, 5.74) is 5.38. The molecule has 0 aliphatic heterocycles. The number of hydrogen-bond acceptors (Lipinski definition) is 2. The van der Waals surface area contributed by atoms with Gasteiger partial charge in [-0.15, -0.1) is 0 Å². The molecule has 0 saturated carbocycles. The van der Waals surface area contributed by atoms with Crippen LogP contribution in [0.1, 0.15) is 39.5 Å². The summed E-state index contributed by atoms with van der Waals surface area (Å²) >= 11 is 0. The quantitative estimate of drug-likeness (QED) is 0.645. The molecule has 0 bridgehead atoms. The molecule has 0 aromatic heterocycles. The van der Waals surface area contributed by atoms with Crippen LogP contribution in [0, 0.1) is 5.92 Å². The van der Waals surface area contributed by atoms with E-state index in [1.165, 1.54) is 0 Å². The van der Waals surface area contributed by atoms with Gasteiger partial charge in [-0.25, -0.2) is 0 Å². The van der Waals surface area contributed by atoms with Crippen molar-refractivity contribution in [2.75, 3.05) is 13.3 Å². The molecule has 3 heteroatoms. The van der Waals surface area contributed by atoms with E-state index in [1.54, 1.807) is 0 Å². The third-order valence-corrected chi connectivity index (χ3v) is 2.58. The highest BCUT2D eigenvalue weighted by Gasteiger charge is 2.25. The maximum Gasteiger partial charge on any atom is 0.0895 e. The van der Waals surface area contributed by atoms with Crippen molar-refractivity contribution < 1.29 is 9.50 Å². The number of aliphatic hydroxyl groups excluding tert-OH is 1. The first kappa shape index (κ1) is 12.8. The van der Waals surface area contributed by atoms with Crippen molar-refractivity contribution >= 4 is 0 Å². The summed E-state index contributed by atoms with van der Waals surface area (Å²) in [6.07, 6.45) is 2.85. The van der Waals surface area contributed by atoms with Crippen molar-refractivity contribution in [2.24, 2.45) is 11.7 Å². The van der Waals surface area contributed by atoms with Gasteiger partial charge in [0.25, 0.3) is 0 Å². The Kier molecular flexibility index (Phi) is 6.25. The lowest BCUT2D eigenvalue weighted by Gasteiger charge is -2.29. The molecular formula is C10H22FNO. The van der Waals surface area contributed by atoms with Gasteiger partial charge < -0.3 is 10.8 Å². The Bertz CT molecular complexity index is 132. The molecule has 0 saturated heterocycles. The lowest BCUT2D eigenvalue weighted by atomic mass is 9.85. The van der Waals surface area contributed by atoms with E-state index in [-0.39, 0.29) is 13.3 Å². The van der Waals surface area contributed by atoms with Gasteiger partial charge in [-0.3, -0.25) is 4.39 Å². The molecule has 3 N–H and O–H groups in total. The predicted molar refractivity (Wildman–Crippen MR) is 53.3 cm³/mol. The zero-order valence-electron chi connectivity index (χ0n) is 8.72. The average molecular weight is 191 g/mol. The van der Waals surface area contributed by atoms with Gasteiger partial charge in [0.15, 0.2) is 0 Å². The van der Waals surface area contributed by atoms with Gasteiger partial charge in [-0.1, -0.05) is 20.3 Å². The lowest BCUT2D eigenvalue weighted by Crippen LogP contribution is -2.45. The average Bonchev–Trinajstić information content (AvgIpc) is 2.14. The first-order valence-electron chi connectivity index (χ1n) is 5.03. The zero-order chi connectivity index (χ0) is 10.3. The summed E-state index contributed by atoms with van der Waals surface area (Å²) in [5.74, 6) is 0.497. The van der Waals surface area contributed by atoms with Gasteiger partial charge in [-0.05, 0) is 25.2 Å². The second kappa shape index (κ2) is 6.33. The molecular weight excluding hydrogens is 169 g/mol. The lowest BCUT2D eigenvalue weighted by molar-refractivity contribution is 0.156. The molecule has 0 radical (unpaired) electrons. The maximum atomic E-state index is 11.9. The third kappa shape index (κ3) is 5.21. The van der Waals surface area contributed by atoms with Crippen molar-refractivity contribution in [2.45, 2.75) is 45.1 Å². The van der Waals surface area contributed by atoms with Gasteiger partial charge in [0.2, 0.25) is 0 Å². The van der Waals surface area contributed by atoms with Crippen LogP contribution in [0.15, 0.2) is 0 Å². The number of nitrogens with two attached hydrogens (primary N) is 1. The van der Waals surface area contributed by atoms with Crippen LogP contribution in [0.2, 0.25) is 0 Å². The molecule has 0 aliphatic rings. The molecule has 2 atom stereocenters. The number of aliphatic hydroxyl groups is 1. The molecule has 2 nitrogen and oxygen atoms in total. The normalized spacial score (nSPS) is 18.2. The van der Waals surface area contributed by atoms with Crippen LogP contribution in [0.25, 0.3) is 0 Å². The van der Waals surface area contributed by atoms with Crippen LogP contribution in [-0.2, 0) is 0 Å². The summed E-state index contributed by atoms with van der Waals surface area (Å²) in [4.78, 5) is 0. The Balaban J connectivity index is 3.94. The summed E-state index contributed by atoms with van der Waals surface area (Å²) in [5, 5.41) is 9.11. The Hall–Kier alpha value is -0.150. The standard InChI is InChI=1S/C10H22FNO/c1-3-9(2)7-10(12,8-13)5-4-6-11/h9,13H,3-8,12H2,1-2H3/t9-,10-/m0/s1. The second-order valence-corrected chi connectivity index (χ2v) is 4.03. The van der Waals surface area contributed by atoms with E-state index in [9.17, 15) is 4.39 Å². The summed E-state index contributed by atoms with van der Waals surface area (Å²) < 4.78 is 11.9. The second-order valence-electron chi connectivity index (χ2n) is 4.03. The van der Waals surface area contributed by atoms with Crippen LogP contribution < -0.4 is 5.73 Å². The fourth-order valence-corrected chi connectivity index (χ4v) is 1.50. The van der Waals surface area contributed by atoms with Crippen molar-refractivity contribution in [1.82, 2.24) is 0 Å². The third-order valence-electron chi connectivity index (χ3n) is 2.58. The van der Waals surface area contributed by atoms with Crippen molar-refractivity contribution in [3.63, 3.8) is 0 Å². The van der Waals surface area contributed by atoms with Crippen LogP contribution in [0.5, 0.6) is 0 Å². The molecule has 0 heterocycles. The Morgan fingerprint density at radius 2 is 2.15 bits per heavy atom. The van der Waals surface area contributed by atoms with Gasteiger partial charge >= 0.3 is 0 Å². The van der Waals surface area contributed by atoms with Crippen molar-refractivity contribution in [1.29, 1.82) is 0 Å². The minimum atomic E-state index is -0.568. The Labute approximate surface area is 80.3 Å². The molecule has 0 amide bonds. The first-order valence-corrected chi connectivity index (χ1v) is 5.03. The molecule has 80 valence electrons. The zero-order valence-corrected chi connectivity index (χ0v) is 8.72. The number of hydrogen-bond donors (Lipinski definition) is 2. The van der Waals surface area contributed by atoms with E-state index < -0.39 is 5.54 Å². The number of rotatable bonds is 7. The first-order chi connectivity index (χ1) is 6.08. The van der Waals surface area contributed by atoms with Gasteiger partial charge in [0.05, 0.1) is 13.3 Å². The smallest absolute Gasteiger partial charge is 0.0895 e.